The van der Waals surface area contributed by atoms with Crippen LogP contribution in [0.1, 0.15) is 30.1 Å². The maximum atomic E-state index is 13.0. The number of hydrogen-bond donors (Lipinski definition) is 1. The first-order chi connectivity index (χ1) is 8.00. The fraction of sp³-hybridized carbons (Fsp3) is 0.417. The highest BCUT2D eigenvalue weighted by atomic mass is 79.9. The first-order valence-corrected chi connectivity index (χ1v) is 7.09. The third kappa shape index (κ3) is 5.17. The number of benzene rings is 1. The zero-order valence-electron chi connectivity index (χ0n) is 9.47. The Labute approximate surface area is 117 Å². The Morgan fingerprint density at radius 1 is 1.53 bits per heavy atom. The highest BCUT2D eigenvalue weighted by Crippen LogP contribution is 2.16. The lowest BCUT2D eigenvalue weighted by molar-refractivity contribution is 0.0953. The SMILES string of the molecule is CC(Br)CCCNC(=O)c1ccc(F)c(Br)c1. The van der Waals surface area contributed by atoms with Crippen molar-refractivity contribution in [2.45, 2.75) is 24.6 Å². The molecule has 0 saturated heterocycles. The Bertz CT molecular complexity index is 396. The topological polar surface area (TPSA) is 29.1 Å². The van der Waals surface area contributed by atoms with Crippen LogP contribution in [0.15, 0.2) is 22.7 Å². The molecule has 0 spiro atoms. The van der Waals surface area contributed by atoms with Gasteiger partial charge in [-0.1, -0.05) is 22.9 Å². The fourth-order valence-electron chi connectivity index (χ4n) is 1.32. The predicted molar refractivity (Wildman–Crippen MR) is 74.1 cm³/mol. The first kappa shape index (κ1) is 14.6. The van der Waals surface area contributed by atoms with E-state index in [4.69, 9.17) is 0 Å². The van der Waals surface area contributed by atoms with Gasteiger partial charge in [0.05, 0.1) is 4.47 Å². The fourth-order valence-corrected chi connectivity index (χ4v) is 2.03. The average Bonchev–Trinajstić information content (AvgIpc) is 2.27. The van der Waals surface area contributed by atoms with E-state index >= 15 is 0 Å². The minimum atomic E-state index is -0.366. The number of carbonyl (C=O) groups is 1. The van der Waals surface area contributed by atoms with E-state index in [0.29, 0.717) is 21.4 Å². The van der Waals surface area contributed by atoms with Crippen molar-refractivity contribution in [2.24, 2.45) is 0 Å². The van der Waals surface area contributed by atoms with Crippen LogP contribution in [-0.2, 0) is 0 Å². The van der Waals surface area contributed by atoms with Gasteiger partial charge in [0.1, 0.15) is 5.82 Å². The number of amides is 1. The normalized spacial score (nSPS) is 12.2. The third-order valence-corrected chi connectivity index (χ3v) is 3.31. The Morgan fingerprint density at radius 2 is 2.24 bits per heavy atom. The van der Waals surface area contributed by atoms with Crippen LogP contribution in [0.25, 0.3) is 0 Å². The van der Waals surface area contributed by atoms with Gasteiger partial charge in [-0.3, -0.25) is 4.79 Å². The molecule has 0 heterocycles. The maximum Gasteiger partial charge on any atom is 0.251 e. The van der Waals surface area contributed by atoms with E-state index in [1.807, 2.05) is 0 Å². The number of nitrogens with one attached hydrogen (secondary N) is 1. The number of alkyl halides is 1. The van der Waals surface area contributed by atoms with Crippen LogP contribution in [0.4, 0.5) is 4.39 Å². The molecule has 1 amide bonds. The molecular formula is C12H14Br2FNO. The molecule has 0 fully saturated rings. The summed E-state index contributed by atoms with van der Waals surface area (Å²) in [5.74, 6) is -0.539. The van der Waals surface area contributed by atoms with Gasteiger partial charge in [0.15, 0.2) is 0 Å². The van der Waals surface area contributed by atoms with E-state index in [1.165, 1.54) is 18.2 Å². The van der Waals surface area contributed by atoms with Crippen LogP contribution in [0.3, 0.4) is 0 Å². The standard InChI is InChI=1S/C12H14Br2FNO/c1-8(13)3-2-6-16-12(17)9-4-5-11(15)10(14)7-9/h4-5,7-8H,2-3,6H2,1H3,(H,16,17). The maximum absolute atomic E-state index is 13.0. The molecule has 1 atom stereocenters. The van der Waals surface area contributed by atoms with Gasteiger partial charge < -0.3 is 5.32 Å². The van der Waals surface area contributed by atoms with Gasteiger partial charge in [-0.15, -0.1) is 0 Å². The summed E-state index contributed by atoms with van der Waals surface area (Å²) in [6.45, 7) is 2.70. The van der Waals surface area contributed by atoms with Gasteiger partial charge in [-0.2, -0.15) is 0 Å². The second-order valence-corrected chi connectivity index (χ2v) is 6.23. The largest absolute Gasteiger partial charge is 0.352 e. The monoisotopic (exact) mass is 365 g/mol. The molecule has 17 heavy (non-hydrogen) atoms. The highest BCUT2D eigenvalue weighted by molar-refractivity contribution is 9.10. The molecule has 0 aromatic heterocycles. The molecule has 0 aliphatic carbocycles. The summed E-state index contributed by atoms with van der Waals surface area (Å²) < 4.78 is 13.3. The van der Waals surface area contributed by atoms with Crippen molar-refractivity contribution in [1.82, 2.24) is 5.32 Å². The molecule has 1 aromatic rings. The summed E-state index contributed by atoms with van der Waals surface area (Å²) in [6, 6.07) is 4.24. The van der Waals surface area contributed by atoms with E-state index in [0.717, 1.165) is 12.8 Å². The van der Waals surface area contributed by atoms with Crippen molar-refractivity contribution in [3.05, 3.63) is 34.1 Å². The summed E-state index contributed by atoms with van der Waals surface area (Å²) >= 11 is 6.50. The third-order valence-electron chi connectivity index (χ3n) is 2.25. The quantitative estimate of drug-likeness (QED) is 0.621. The summed E-state index contributed by atoms with van der Waals surface area (Å²) in [5.41, 5.74) is 0.463. The van der Waals surface area contributed by atoms with Crippen LogP contribution < -0.4 is 5.32 Å². The second kappa shape index (κ2) is 7.11. The number of halogens is 3. The molecule has 1 aromatic carbocycles. The van der Waals surface area contributed by atoms with Crippen molar-refractivity contribution in [3.8, 4) is 0 Å². The average molecular weight is 367 g/mol. The van der Waals surface area contributed by atoms with E-state index < -0.39 is 0 Å². The first-order valence-electron chi connectivity index (χ1n) is 5.38. The van der Waals surface area contributed by atoms with Crippen molar-refractivity contribution >= 4 is 37.8 Å². The van der Waals surface area contributed by atoms with E-state index in [1.54, 1.807) is 0 Å². The molecule has 1 N–H and O–H groups in total. The number of hydrogen-bond acceptors (Lipinski definition) is 1. The van der Waals surface area contributed by atoms with Gasteiger partial charge >= 0.3 is 0 Å². The number of carbonyl (C=O) groups excluding carboxylic acids is 1. The zero-order valence-corrected chi connectivity index (χ0v) is 12.6. The summed E-state index contributed by atoms with van der Waals surface area (Å²) in [5, 5.41) is 2.80. The minimum absolute atomic E-state index is 0.173. The van der Waals surface area contributed by atoms with Crippen LogP contribution in [-0.4, -0.2) is 17.3 Å². The molecule has 0 aliphatic rings. The van der Waals surface area contributed by atoms with Crippen LogP contribution >= 0.6 is 31.9 Å². The minimum Gasteiger partial charge on any atom is -0.352 e. The summed E-state index contributed by atoms with van der Waals surface area (Å²) in [6.07, 6.45) is 1.92. The lowest BCUT2D eigenvalue weighted by atomic mass is 10.2. The summed E-state index contributed by atoms with van der Waals surface area (Å²) in [4.78, 5) is 12.1. The van der Waals surface area contributed by atoms with Crippen molar-refractivity contribution in [3.63, 3.8) is 0 Å². The Morgan fingerprint density at radius 3 is 2.82 bits per heavy atom. The zero-order chi connectivity index (χ0) is 12.8. The molecule has 0 radical (unpaired) electrons. The molecular weight excluding hydrogens is 353 g/mol. The molecule has 1 unspecified atom stereocenters. The Kier molecular flexibility index (Phi) is 6.12. The Hall–Kier alpha value is -0.420. The number of rotatable bonds is 5. The molecule has 5 heteroatoms. The lowest BCUT2D eigenvalue weighted by Crippen LogP contribution is -2.24. The van der Waals surface area contributed by atoms with Crippen LogP contribution in [0, 0.1) is 5.82 Å². The van der Waals surface area contributed by atoms with E-state index in [2.05, 4.69) is 44.1 Å². The van der Waals surface area contributed by atoms with Gasteiger partial charge in [-0.05, 0) is 47.0 Å². The van der Waals surface area contributed by atoms with Crippen LogP contribution in [0.5, 0.6) is 0 Å². The summed E-state index contributed by atoms with van der Waals surface area (Å²) in [7, 11) is 0. The van der Waals surface area contributed by atoms with E-state index in [9.17, 15) is 9.18 Å². The second-order valence-electron chi connectivity index (χ2n) is 3.81. The predicted octanol–water partition coefficient (Wildman–Crippen LogP) is 3.88. The molecule has 0 aliphatic heterocycles. The molecule has 2 nitrogen and oxygen atoms in total. The van der Waals surface area contributed by atoms with Crippen LogP contribution in [0.2, 0.25) is 0 Å². The van der Waals surface area contributed by atoms with Crippen molar-refractivity contribution in [2.75, 3.05) is 6.54 Å². The van der Waals surface area contributed by atoms with Gasteiger partial charge in [-0.25, -0.2) is 4.39 Å². The molecule has 0 bridgehead atoms. The molecule has 1 rings (SSSR count). The van der Waals surface area contributed by atoms with Gasteiger partial charge in [0.2, 0.25) is 0 Å². The van der Waals surface area contributed by atoms with Crippen molar-refractivity contribution in [1.29, 1.82) is 0 Å². The smallest absolute Gasteiger partial charge is 0.251 e. The highest BCUT2D eigenvalue weighted by Gasteiger charge is 2.07. The Balaban J connectivity index is 2.44. The van der Waals surface area contributed by atoms with E-state index in [-0.39, 0.29) is 11.7 Å². The van der Waals surface area contributed by atoms with Crippen molar-refractivity contribution < 1.29 is 9.18 Å². The van der Waals surface area contributed by atoms with Gasteiger partial charge in [0, 0.05) is 16.9 Å². The molecule has 0 saturated carbocycles. The van der Waals surface area contributed by atoms with Gasteiger partial charge in [0.25, 0.3) is 5.91 Å². The molecule has 94 valence electrons. The lowest BCUT2D eigenvalue weighted by Gasteiger charge is -2.06.